The van der Waals surface area contributed by atoms with E-state index in [4.69, 9.17) is 4.11 Å². The van der Waals surface area contributed by atoms with Gasteiger partial charge in [-0.15, -0.1) is 0 Å². The number of fused-ring (bicyclic) bond motifs is 13. The molecule has 0 fully saturated rings. The standard InChI is InChI=1S/C76H54N2/c1-75(2)68-36-22-21-35-61(68)62-41-39-59(47-71(62)75)77(56-29-15-6-16-30-56)60-40-42-63-65-45-54(51-23-9-3-10-24-51)37-43-69(65)76(72(63)48-60)70-44-38-55(52-25-11-4-12-26-52)46-66(70)67-49-64(53-27-13-5-14-28-53)74(50-73(67)76)78(57-31-17-7-18-32-57)58-33-19-8-20-34-58/h3-50H,1-2H3/i7D,17D,18D,31D,32D. The SMILES string of the molecule is [2H]c1c([2H])c([2H])c(N(c2ccccc2)c2cc3c(cc2-c2ccccc2)-c2cc(-c4ccccc4)ccc2C32c3ccc(-c4ccccc4)cc3-c3ccc(N(c4ccccc4)c4ccc5c(c4)C(C)(C)c4ccccc4-5)cc32)c([2H])c1[2H]. The smallest absolute Gasteiger partial charge is 0.0727 e. The highest BCUT2D eigenvalue weighted by Crippen LogP contribution is 2.66. The van der Waals surface area contributed by atoms with Gasteiger partial charge < -0.3 is 9.80 Å². The quantitative estimate of drug-likeness (QED) is 0.142. The first-order valence-electron chi connectivity index (χ1n) is 29.3. The molecule has 0 aromatic heterocycles. The summed E-state index contributed by atoms with van der Waals surface area (Å²) < 4.78 is 46.2. The number of benzene rings is 12. The summed E-state index contributed by atoms with van der Waals surface area (Å²) in [4.78, 5) is 4.30. The van der Waals surface area contributed by atoms with Gasteiger partial charge in [0.05, 0.1) is 18.0 Å². The van der Waals surface area contributed by atoms with E-state index in [-0.39, 0.29) is 23.2 Å². The summed E-state index contributed by atoms with van der Waals surface area (Å²) in [6, 6.07) is 91.3. The van der Waals surface area contributed by atoms with Gasteiger partial charge in [-0.05, 0) is 179 Å². The molecule has 368 valence electrons. The van der Waals surface area contributed by atoms with Crippen LogP contribution in [0, 0.1) is 0 Å². The summed E-state index contributed by atoms with van der Waals surface area (Å²) in [5.74, 6) is 0. The van der Waals surface area contributed by atoms with Crippen LogP contribution < -0.4 is 9.80 Å². The topological polar surface area (TPSA) is 6.48 Å². The maximum atomic E-state index is 9.63. The van der Waals surface area contributed by atoms with Crippen molar-refractivity contribution in [3.8, 4) is 66.8 Å². The Labute approximate surface area is 464 Å². The molecule has 0 radical (unpaired) electrons. The molecular weight excluding hydrogens is 941 g/mol. The van der Waals surface area contributed by atoms with Gasteiger partial charge in [0, 0.05) is 39.4 Å². The van der Waals surface area contributed by atoms with Crippen molar-refractivity contribution < 1.29 is 6.85 Å². The Kier molecular flexibility index (Phi) is 9.32. The third kappa shape index (κ3) is 6.96. The fourth-order valence-electron chi connectivity index (χ4n) is 13.2. The molecule has 15 rings (SSSR count). The Bertz CT molecular complexity index is 4560. The van der Waals surface area contributed by atoms with Gasteiger partial charge in [-0.25, -0.2) is 0 Å². The molecule has 1 spiro atoms. The Hall–Kier alpha value is -9.76. The van der Waals surface area contributed by atoms with Gasteiger partial charge in [-0.3, -0.25) is 0 Å². The normalized spacial score (nSPS) is 15.6. The second kappa shape index (κ2) is 17.9. The number of rotatable bonds is 9. The summed E-state index contributed by atoms with van der Waals surface area (Å²) in [6.07, 6.45) is 0. The fraction of sp³-hybridized carbons (Fsp3) is 0.0526. The molecule has 1 atom stereocenters. The van der Waals surface area contributed by atoms with E-state index in [0.29, 0.717) is 11.4 Å². The highest BCUT2D eigenvalue weighted by atomic mass is 15.1. The summed E-state index contributed by atoms with van der Waals surface area (Å²) in [7, 11) is 0. The van der Waals surface area contributed by atoms with Gasteiger partial charge in [-0.2, -0.15) is 0 Å². The van der Waals surface area contributed by atoms with E-state index in [1.807, 2.05) is 53.4 Å². The van der Waals surface area contributed by atoms with Crippen LogP contribution >= 0.6 is 0 Å². The van der Waals surface area contributed by atoms with E-state index in [2.05, 4.69) is 231 Å². The van der Waals surface area contributed by atoms with Crippen molar-refractivity contribution in [3.63, 3.8) is 0 Å². The minimum atomic E-state index is -0.939. The number of hydrogen-bond acceptors (Lipinski definition) is 2. The Morgan fingerprint density at radius 2 is 0.718 bits per heavy atom. The molecule has 3 aliphatic carbocycles. The van der Waals surface area contributed by atoms with Crippen molar-refractivity contribution in [2.75, 3.05) is 9.80 Å². The molecule has 12 aromatic carbocycles. The molecule has 0 aliphatic heterocycles. The first kappa shape index (κ1) is 40.5. The van der Waals surface area contributed by atoms with E-state index in [9.17, 15) is 2.74 Å². The molecule has 0 saturated carbocycles. The maximum Gasteiger partial charge on any atom is 0.0727 e. The van der Waals surface area contributed by atoms with Crippen molar-refractivity contribution in [2.45, 2.75) is 24.7 Å². The molecule has 0 heterocycles. The van der Waals surface area contributed by atoms with Crippen LogP contribution in [-0.2, 0) is 10.8 Å². The minimum absolute atomic E-state index is 0.0661. The van der Waals surface area contributed by atoms with E-state index >= 15 is 0 Å². The molecule has 0 amide bonds. The predicted molar refractivity (Wildman–Crippen MR) is 326 cm³/mol. The lowest BCUT2D eigenvalue weighted by atomic mass is 9.70. The largest absolute Gasteiger partial charge is 0.310 e. The number of anilines is 6. The second-order valence-corrected chi connectivity index (χ2v) is 21.2. The average Bonchev–Trinajstić information content (AvgIpc) is 1.94. The molecule has 0 N–H and O–H groups in total. The van der Waals surface area contributed by atoms with E-state index < -0.39 is 23.5 Å². The minimum Gasteiger partial charge on any atom is -0.310 e. The molecule has 12 aromatic rings. The van der Waals surface area contributed by atoms with Crippen molar-refractivity contribution in [1.82, 2.24) is 0 Å². The zero-order chi connectivity index (χ0) is 56.3. The van der Waals surface area contributed by atoms with Crippen LogP contribution in [-0.4, -0.2) is 0 Å². The Balaban J connectivity index is 1.06. The lowest BCUT2D eigenvalue weighted by Crippen LogP contribution is -2.27. The van der Waals surface area contributed by atoms with E-state index in [1.165, 1.54) is 22.3 Å². The first-order chi connectivity index (χ1) is 40.5. The molecular formula is C76H54N2. The molecule has 3 aliphatic rings. The number of hydrogen-bond donors (Lipinski definition) is 0. The van der Waals surface area contributed by atoms with Crippen molar-refractivity contribution >= 4 is 34.1 Å². The monoisotopic (exact) mass is 999 g/mol. The van der Waals surface area contributed by atoms with Crippen LogP contribution in [0.4, 0.5) is 34.1 Å². The van der Waals surface area contributed by atoms with Gasteiger partial charge in [0.2, 0.25) is 0 Å². The van der Waals surface area contributed by atoms with Crippen LogP contribution in [0.25, 0.3) is 66.8 Å². The second-order valence-electron chi connectivity index (χ2n) is 21.2. The molecule has 78 heavy (non-hydrogen) atoms. The highest BCUT2D eigenvalue weighted by molar-refractivity contribution is 6.02. The van der Waals surface area contributed by atoms with Crippen LogP contribution in [0.3, 0.4) is 0 Å². The average molecular weight is 1000 g/mol. The lowest BCUT2D eigenvalue weighted by molar-refractivity contribution is 0.660. The van der Waals surface area contributed by atoms with Crippen LogP contribution in [0.5, 0.6) is 0 Å². The Morgan fingerprint density at radius 3 is 1.31 bits per heavy atom. The van der Waals surface area contributed by atoms with Crippen molar-refractivity contribution in [2.24, 2.45) is 0 Å². The van der Waals surface area contributed by atoms with Gasteiger partial charge in [0.15, 0.2) is 0 Å². The van der Waals surface area contributed by atoms with Crippen LogP contribution in [0.15, 0.2) is 291 Å². The van der Waals surface area contributed by atoms with E-state index in [1.54, 1.807) is 0 Å². The molecule has 0 saturated heterocycles. The Morgan fingerprint density at radius 1 is 0.269 bits per heavy atom. The first-order valence-corrected chi connectivity index (χ1v) is 26.8. The summed E-state index contributed by atoms with van der Waals surface area (Å²) >= 11 is 0. The predicted octanol–water partition coefficient (Wildman–Crippen LogP) is 20.3. The molecule has 1 unspecified atom stereocenters. The molecule has 2 heteroatoms. The van der Waals surface area contributed by atoms with E-state index in [0.717, 1.165) is 95.0 Å². The van der Waals surface area contributed by atoms with Crippen LogP contribution in [0.2, 0.25) is 0 Å². The molecule has 2 nitrogen and oxygen atoms in total. The van der Waals surface area contributed by atoms with Crippen LogP contribution in [0.1, 0.15) is 54.1 Å². The van der Waals surface area contributed by atoms with Crippen molar-refractivity contribution in [1.29, 1.82) is 0 Å². The summed E-state index contributed by atoms with van der Waals surface area (Å²) in [6.45, 7) is 4.67. The van der Waals surface area contributed by atoms with Crippen molar-refractivity contribution in [3.05, 3.63) is 324 Å². The third-order valence-corrected chi connectivity index (χ3v) is 16.7. The molecule has 0 bridgehead atoms. The fourth-order valence-corrected chi connectivity index (χ4v) is 13.2. The summed E-state index contributed by atoms with van der Waals surface area (Å²) in [5, 5.41) is 0. The zero-order valence-electron chi connectivity index (χ0n) is 48.2. The van der Waals surface area contributed by atoms with Gasteiger partial charge >= 0.3 is 0 Å². The van der Waals surface area contributed by atoms with Gasteiger partial charge in [0.25, 0.3) is 0 Å². The number of nitrogens with zero attached hydrogens (tertiary/aromatic N) is 2. The highest BCUT2D eigenvalue weighted by Gasteiger charge is 2.53. The maximum absolute atomic E-state index is 9.63. The lowest BCUT2D eigenvalue weighted by Gasteiger charge is -2.34. The third-order valence-electron chi connectivity index (χ3n) is 16.7. The zero-order valence-corrected chi connectivity index (χ0v) is 43.2. The number of para-hydroxylation sites is 3. The van der Waals surface area contributed by atoms with Gasteiger partial charge in [0.1, 0.15) is 0 Å². The summed E-state index contributed by atoms with van der Waals surface area (Å²) in [5.41, 5.74) is 23.4. The van der Waals surface area contributed by atoms with Gasteiger partial charge in [-0.1, -0.05) is 220 Å².